The number of nitrogens with zero attached hydrogens (tertiary/aromatic N) is 2. The summed E-state index contributed by atoms with van der Waals surface area (Å²) in [6, 6.07) is 3.50. The fourth-order valence-electron chi connectivity index (χ4n) is 0.821. The lowest BCUT2D eigenvalue weighted by atomic mass is 10.5. The van der Waals surface area contributed by atoms with Crippen LogP contribution in [0.5, 0.6) is 0 Å². The second-order valence-corrected chi connectivity index (χ2v) is 2.75. The van der Waals surface area contributed by atoms with Crippen molar-refractivity contribution in [2.75, 3.05) is 0 Å². The predicted molar refractivity (Wildman–Crippen MR) is 56.2 cm³/mol. The lowest BCUT2D eigenvalue weighted by Crippen LogP contribution is -1.97. The molecule has 16 heavy (non-hydrogen) atoms. The molecule has 0 unspecified atom stereocenters. The van der Waals surface area contributed by atoms with Gasteiger partial charge in [0.05, 0.1) is 6.26 Å². The van der Waals surface area contributed by atoms with Crippen molar-refractivity contribution < 1.29 is 13.9 Å². The van der Waals surface area contributed by atoms with Gasteiger partial charge in [0.25, 0.3) is 0 Å². The zero-order valence-corrected chi connectivity index (χ0v) is 8.87. The molecule has 0 aliphatic rings. The molecule has 0 amide bonds. The summed E-state index contributed by atoms with van der Waals surface area (Å²) >= 11 is 0. The molecule has 0 atom stereocenters. The van der Waals surface area contributed by atoms with Crippen LogP contribution in [0.15, 0.2) is 47.6 Å². The van der Waals surface area contributed by atoms with Gasteiger partial charge in [0.2, 0.25) is 0 Å². The number of esters is 1. The summed E-state index contributed by atoms with van der Waals surface area (Å²) < 4.78 is 9.56. The average Bonchev–Trinajstić information content (AvgIpc) is 2.82. The number of furan rings is 1. The second-order valence-electron chi connectivity index (χ2n) is 2.75. The third-order valence-corrected chi connectivity index (χ3v) is 1.48. The summed E-state index contributed by atoms with van der Waals surface area (Å²) in [5, 5.41) is 0. The molecule has 0 saturated heterocycles. The van der Waals surface area contributed by atoms with Gasteiger partial charge < -0.3 is 9.15 Å². The SMILES string of the molecule is CC(=O)OCc1ccco1.c1cnccn1. The highest BCUT2D eigenvalue weighted by molar-refractivity contribution is 5.65. The van der Waals surface area contributed by atoms with Gasteiger partial charge in [-0.3, -0.25) is 14.8 Å². The van der Waals surface area contributed by atoms with Crippen molar-refractivity contribution >= 4 is 5.97 Å². The summed E-state index contributed by atoms with van der Waals surface area (Å²) in [6.45, 7) is 1.59. The number of rotatable bonds is 2. The van der Waals surface area contributed by atoms with Gasteiger partial charge in [-0.25, -0.2) is 0 Å². The highest BCUT2D eigenvalue weighted by Gasteiger charge is 1.96. The summed E-state index contributed by atoms with van der Waals surface area (Å²) in [4.78, 5) is 17.7. The fourth-order valence-corrected chi connectivity index (χ4v) is 0.821. The van der Waals surface area contributed by atoms with E-state index in [0.717, 1.165) is 0 Å². The Morgan fingerprint density at radius 3 is 2.31 bits per heavy atom. The molecular formula is C11H12N2O3. The molecule has 0 spiro atoms. The number of aromatic nitrogens is 2. The van der Waals surface area contributed by atoms with Crippen LogP contribution in [0.1, 0.15) is 12.7 Å². The number of hydrogen-bond acceptors (Lipinski definition) is 5. The van der Waals surface area contributed by atoms with Gasteiger partial charge in [-0.05, 0) is 12.1 Å². The Labute approximate surface area is 93.1 Å². The van der Waals surface area contributed by atoms with Crippen molar-refractivity contribution in [3.05, 3.63) is 48.9 Å². The Hall–Kier alpha value is -2.17. The molecule has 0 aliphatic heterocycles. The van der Waals surface area contributed by atoms with E-state index >= 15 is 0 Å². The topological polar surface area (TPSA) is 65.2 Å². The maximum atomic E-state index is 10.3. The van der Waals surface area contributed by atoms with Gasteiger partial charge in [-0.1, -0.05) is 0 Å². The van der Waals surface area contributed by atoms with Gasteiger partial charge in [0.1, 0.15) is 12.4 Å². The van der Waals surface area contributed by atoms with Crippen molar-refractivity contribution in [2.45, 2.75) is 13.5 Å². The van der Waals surface area contributed by atoms with E-state index in [4.69, 9.17) is 4.42 Å². The van der Waals surface area contributed by atoms with E-state index in [1.807, 2.05) is 0 Å². The molecule has 5 heteroatoms. The Kier molecular flexibility index (Phi) is 5.33. The van der Waals surface area contributed by atoms with E-state index in [1.165, 1.54) is 6.92 Å². The monoisotopic (exact) mass is 220 g/mol. The largest absolute Gasteiger partial charge is 0.466 e. The normalized spacial score (nSPS) is 8.81. The van der Waals surface area contributed by atoms with Gasteiger partial charge in [-0.2, -0.15) is 0 Å². The minimum Gasteiger partial charge on any atom is -0.466 e. The first-order valence-corrected chi connectivity index (χ1v) is 4.65. The molecule has 2 rings (SSSR count). The predicted octanol–water partition coefficient (Wildman–Crippen LogP) is 1.82. The fraction of sp³-hybridized carbons (Fsp3) is 0.182. The molecule has 5 nitrogen and oxygen atoms in total. The summed E-state index contributed by atoms with van der Waals surface area (Å²) in [5.41, 5.74) is 0. The van der Waals surface area contributed by atoms with Crippen LogP contribution in [-0.4, -0.2) is 15.9 Å². The average molecular weight is 220 g/mol. The van der Waals surface area contributed by atoms with Crippen molar-refractivity contribution in [1.29, 1.82) is 0 Å². The van der Waals surface area contributed by atoms with Crippen molar-refractivity contribution in [2.24, 2.45) is 0 Å². The first-order chi connectivity index (χ1) is 7.79. The zero-order chi connectivity index (χ0) is 11.6. The molecule has 0 saturated carbocycles. The molecule has 0 N–H and O–H groups in total. The molecule has 0 fully saturated rings. The quantitative estimate of drug-likeness (QED) is 0.722. The van der Waals surface area contributed by atoms with Crippen LogP contribution < -0.4 is 0 Å². The minimum atomic E-state index is -0.295. The summed E-state index contributed by atoms with van der Waals surface area (Å²) in [7, 11) is 0. The molecule has 0 radical (unpaired) electrons. The van der Waals surface area contributed by atoms with E-state index in [1.54, 1.807) is 43.2 Å². The van der Waals surface area contributed by atoms with Crippen molar-refractivity contribution in [3.8, 4) is 0 Å². The van der Waals surface area contributed by atoms with Crippen LogP contribution in [-0.2, 0) is 16.1 Å². The van der Waals surface area contributed by atoms with Crippen LogP contribution in [0.3, 0.4) is 0 Å². The lowest BCUT2D eigenvalue weighted by Gasteiger charge is -1.95. The van der Waals surface area contributed by atoms with Crippen molar-refractivity contribution in [3.63, 3.8) is 0 Å². The summed E-state index contributed by atoms with van der Waals surface area (Å²) in [6.07, 6.45) is 8.10. The van der Waals surface area contributed by atoms with Crippen LogP contribution in [0.2, 0.25) is 0 Å². The molecule has 0 bridgehead atoms. The second kappa shape index (κ2) is 7.17. The standard InChI is InChI=1S/C7H8O3.C4H4N2/c1-6(8)10-5-7-3-2-4-9-7;1-2-6-4-3-5-1/h2-4H,5H2,1H3;1-4H. The number of carbonyl (C=O) groups is 1. The molecule has 2 heterocycles. The Bertz CT molecular complexity index is 360. The minimum absolute atomic E-state index is 0.225. The maximum absolute atomic E-state index is 10.3. The van der Waals surface area contributed by atoms with Crippen LogP contribution in [0, 0.1) is 0 Å². The van der Waals surface area contributed by atoms with E-state index in [-0.39, 0.29) is 12.6 Å². The van der Waals surface area contributed by atoms with E-state index in [0.29, 0.717) is 5.76 Å². The Balaban J connectivity index is 0.000000181. The molecule has 0 aliphatic carbocycles. The third-order valence-electron chi connectivity index (χ3n) is 1.48. The number of carbonyl (C=O) groups excluding carboxylic acids is 1. The molecule has 84 valence electrons. The van der Waals surface area contributed by atoms with E-state index in [2.05, 4.69) is 14.7 Å². The van der Waals surface area contributed by atoms with Crippen LogP contribution in [0.25, 0.3) is 0 Å². The van der Waals surface area contributed by atoms with Gasteiger partial charge >= 0.3 is 5.97 Å². The van der Waals surface area contributed by atoms with Gasteiger partial charge in [0, 0.05) is 31.7 Å². The first-order valence-electron chi connectivity index (χ1n) is 4.65. The Morgan fingerprint density at radius 2 is 1.94 bits per heavy atom. The lowest BCUT2D eigenvalue weighted by molar-refractivity contribution is -0.142. The van der Waals surface area contributed by atoms with Crippen LogP contribution in [0.4, 0.5) is 0 Å². The van der Waals surface area contributed by atoms with E-state index in [9.17, 15) is 4.79 Å². The van der Waals surface area contributed by atoms with Crippen molar-refractivity contribution in [1.82, 2.24) is 9.97 Å². The Morgan fingerprint density at radius 1 is 1.31 bits per heavy atom. The smallest absolute Gasteiger partial charge is 0.303 e. The maximum Gasteiger partial charge on any atom is 0.303 e. The van der Waals surface area contributed by atoms with Gasteiger partial charge in [0.15, 0.2) is 0 Å². The van der Waals surface area contributed by atoms with E-state index < -0.39 is 0 Å². The zero-order valence-electron chi connectivity index (χ0n) is 8.87. The molecule has 2 aromatic rings. The van der Waals surface area contributed by atoms with Gasteiger partial charge in [-0.15, -0.1) is 0 Å². The number of ether oxygens (including phenoxy) is 1. The van der Waals surface area contributed by atoms with Crippen LogP contribution >= 0.6 is 0 Å². The summed E-state index contributed by atoms with van der Waals surface area (Å²) in [5.74, 6) is 0.367. The first kappa shape index (κ1) is 11.9. The highest BCUT2D eigenvalue weighted by Crippen LogP contribution is 2.01. The highest BCUT2D eigenvalue weighted by atomic mass is 16.5. The number of hydrogen-bond donors (Lipinski definition) is 0. The molecule has 0 aromatic carbocycles. The third kappa shape index (κ3) is 5.54. The molecule has 2 aromatic heterocycles. The molecular weight excluding hydrogens is 208 g/mol.